The van der Waals surface area contributed by atoms with Crippen molar-refractivity contribution in [3.8, 4) is 17.6 Å². The Balaban J connectivity index is 1.78. The number of benzene rings is 2. The number of nitrogens with one attached hydrogen (secondary N) is 1. The Hall–Kier alpha value is -2.78. The van der Waals surface area contributed by atoms with Crippen molar-refractivity contribution in [1.82, 2.24) is 5.32 Å². The van der Waals surface area contributed by atoms with E-state index in [2.05, 4.69) is 21.2 Å². The molecule has 3 rings (SSSR count). The van der Waals surface area contributed by atoms with E-state index < -0.39 is 0 Å². The van der Waals surface area contributed by atoms with Crippen molar-refractivity contribution in [2.75, 3.05) is 7.11 Å². The summed E-state index contributed by atoms with van der Waals surface area (Å²) >= 11 is 3.51. The lowest BCUT2D eigenvalue weighted by Gasteiger charge is -2.14. The van der Waals surface area contributed by atoms with Crippen molar-refractivity contribution < 1.29 is 14.3 Å². The van der Waals surface area contributed by atoms with E-state index in [1.165, 1.54) is 0 Å². The topological polar surface area (TPSA) is 71.3 Å². The third-order valence-corrected chi connectivity index (χ3v) is 5.56. The quantitative estimate of drug-likeness (QED) is 0.471. The number of carbonyl (C=O) groups is 1. The Morgan fingerprint density at radius 3 is 2.62 bits per heavy atom. The number of nitrogens with zero attached hydrogens (tertiary/aromatic N) is 1. The fourth-order valence-corrected chi connectivity index (χ4v) is 3.74. The van der Waals surface area contributed by atoms with E-state index in [1.807, 2.05) is 36.4 Å². The van der Waals surface area contributed by atoms with Crippen molar-refractivity contribution in [2.45, 2.75) is 38.3 Å². The van der Waals surface area contributed by atoms with Crippen molar-refractivity contribution in [3.63, 3.8) is 0 Å². The molecule has 0 bridgehead atoms. The van der Waals surface area contributed by atoms with Gasteiger partial charge in [-0.15, -0.1) is 0 Å². The Morgan fingerprint density at radius 2 is 1.97 bits per heavy atom. The first-order valence-electron chi connectivity index (χ1n) is 9.57. The van der Waals surface area contributed by atoms with Gasteiger partial charge in [0.15, 0.2) is 11.5 Å². The maximum atomic E-state index is 12.5. The molecule has 0 unspecified atom stereocenters. The van der Waals surface area contributed by atoms with E-state index >= 15 is 0 Å². The molecular weight excluding hydrogens is 432 g/mol. The molecule has 29 heavy (non-hydrogen) atoms. The number of methoxy groups -OCH3 is 1. The molecule has 1 saturated carbocycles. The number of halogens is 1. The average Bonchev–Trinajstić information content (AvgIpc) is 3.25. The first-order valence-corrected chi connectivity index (χ1v) is 10.4. The molecule has 0 aliphatic heterocycles. The van der Waals surface area contributed by atoms with Crippen LogP contribution in [0.4, 0.5) is 0 Å². The van der Waals surface area contributed by atoms with Crippen LogP contribution in [0.2, 0.25) is 0 Å². The van der Waals surface area contributed by atoms with Crippen molar-refractivity contribution in [2.24, 2.45) is 0 Å². The first kappa shape index (κ1) is 20.9. The molecule has 1 aliphatic rings. The Bertz CT molecular complexity index is 929. The smallest absolute Gasteiger partial charge is 0.262 e. The van der Waals surface area contributed by atoms with E-state index in [0.29, 0.717) is 28.1 Å². The van der Waals surface area contributed by atoms with Gasteiger partial charge >= 0.3 is 0 Å². The number of amides is 1. The van der Waals surface area contributed by atoms with E-state index in [1.54, 1.807) is 25.3 Å². The summed E-state index contributed by atoms with van der Waals surface area (Å²) in [6.07, 6.45) is 5.73. The Kier molecular flexibility index (Phi) is 7.31. The van der Waals surface area contributed by atoms with Crippen molar-refractivity contribution in [3.05, 3.63) is 63.6 Å². The predicted molar refractivity (Wildman–Crippen MR) is 115 cm³/mol. The molecule has 1 amide bonds. The van der Waals surface area contributed by atoms with Crippen LogP contribution in [-0.4, -0.2) is 19.1 Å². The zero-order valence-electron chi connectivity index (χ0n) is 16.3. The zero-order valence-corrected chi connectivity index (χ0v) is 17.9. The molecule has 150 valence electrons. The van der Waals surface area contributed by atoms with Gasteiger partial charge in [0.05, 0.1) is 7.11 Å². The number of rotatable bonds is 7. The summed E-state index contributed by atoms with van der Waals surface area (Å²) in [7, 11) is 1.56. The normalized spacial score (nSPS) is 14.3. The van der Waals surface area contributed by atoms with Gasteiger partial charge in [0, 0.05) is 10.5 Å². The zero-order chi connectivity index (χ0) is 20.6. The SMILES string of the molecule is COc1cc(/C=C(/C#N)C(=O)NC2CCCC2)c(Br)cc1OCc1ccccc1. The fraction of sp³-hybridized carbons (Fsp3) is 0.304. The fourth-order valence-electron chi connectivity index (χ4n) is 3.31. The Morgan fingerprint density at radius 1 is 1.24 bits per heavy atom. The van der Waals surface area contributed by atoms with Gasteiger partial charge in [0.25, 0.3) is 5.91 Å². The van der Waals surface area contributed by atoms with Crippen LogP contribution in [-0.2, 0) is 11.4 Å². The molecule has 0 radical (unpaired) electrons. The minimum absolute atomic E-state index is 0.0672. The van der Waals surface area contributed by atoms with Gasteiger partial charge in [0.2, 0.25) is 0 Å². The molecule has 5 nitrogen and oxygen atoms in total. The maximum Gasteiger partial charge on any atom is 0.262 e. The molecule has 2 aromatic carbocycles. The lowest BCUT2D eigenvalue weighted by atomic mass is 10.1. The van der Waals surface area contributed by atoms with E-state index in [-0.39, 0.29) is 17.5 Å². The third kappa shape index (κ3) is 5.61. The van der Waals surface area contributed by atoms with Crippen LogP contribution in [0.5, 0.6) is 11.5 Å². The van der Waals surface area contributed by atoms with Crippen LogP contribution in [0.25, 0.3) is 6.08 Å². The van der Waals surface area contributed by atoms with E-state index in [0.717, 1.165) is 31.2 Å². The van der Waals surface area contributed by atoms with Crippen LogP contribution in [0.15, 0.2) is 52.5 Å². The second kappa shape index (κ2) is 10.1. The second-order valence-electron chi connectivity index (χ2n) is 6.92. The summed E-state index contributed by atoms with van der Waals surface area (Å²) in [5.74, 6) is 0.771. The average molecular weight is 455 g/mol. The van der Waals surface area contributed by atoms with Crippen LogP contribution >= 0.6 is 15.9 Å². The van der Waals surface area contributed by atoms with Crippen LogP contribution in [0.3, 0.4) is 0 Å². The number of hydrogen-bond donors (Lipinski definition) is 1. The monoisotopic (exact) mass is 454 g/mol. The van der Waals surface area contributed by atoms with Crippen molar-refractivity contribution >= 4 is 27.9 Å². The van der Waals surface area contributed by atoms with Gasteiger partial charge in [0.1, 0.15) is 18.2 Å². The van der Waals surface area contributed by atoms with Gasteiger partial charge < -0.3 is 14.8 Å². The lowest BCUT2D eigenvalue weighted by molar-refractivity contribution is -0.117. The highest BCUT2D eigenvalue weighted by Crippen LogP contribution is 2.35. The predicted octanol–water partition coefficient (Wildman–Crippen LogP) is 5.00. The van der Waals surface area contributed by atoms with Gasteiger partial charge in [-0.2, -0.15) is 5.26 Å². The van der Waals surface area contributed by atoms with Gasteiger partial charge in [-0.1, -0.05) is 59.1 Å². The highest BCUT2D eigenvalue weighted by atomic mass is 79.9. The standard InChI is InChI=1S/C23H23BrN2O3/c1-28-21-12-17(11-18(14-25)23(27)26-19-9-5-6-10-19)20(24)13-22(21)29-15-16-7-3-2-4-8-16/h2-4,7-8,11-13,19H,5-6,9-10,15H2,1H3,(H,26,27)/b18-11-. The van der Waals surface area contributed by atoms with E-state index in [4.69, 9.17) is 9.47 Å². The minimum Gasteiger partial charge on any atom is -0.493 e. The summed E-state index contributed by atoms with van der Waals surface area (Å²) < 4.78 is 12.1. The largest absolute Gasteiger partial charge is 0.493 e. The summed E-state index contributed by atoms with van der Waals surface area (Å²) in [4.78, 5) is 12.5. The van der Waals surface area contributed by atoms with Gasteiger partial charge in [-0.25, -0.2) is 0 Å². The number of ether oxygens (including phenoxy) is 2. The highest BCUT2D eigenvalue weighted by Gasteiger charge is 2.20. The molecular formula is C23H23BrN2O3. The van der Waals surface area contributed by atoms with Crippen LogP contribution in [0, 0.1) is 11.3 Å². The summed E-state index contributed by atoms with van der Waals surface area (Å²) in [6.45, 7) is 0.409. The lowest BCUT2D eigenvalue weighted by Crippen LogP contribution is -2.33. The number of hydrogen-bond acceptors (Lipinski definition) is 4. The van der Waals surface area contributed by atoms with Gasteiger partial charge in [-0.3, -0.25) is 4.79 Å². The molecule has 1 N–H and O–H groups in total. The third-order valence-electron chi connectivity index (χ3n) is 4.88. The van der Waals surface area contributed by atoms with Crippen molar-refractivity contribution in [1.29, 1.82) is 5.26 Å². The van der Waals surface area contributed by atoms with Crippen LogP contribution in [0.1, 0.15) is 36.8 Å². The summed E-state index contributed by atoms with van der Waals surface area (Å²) in [5, 5.41) is 12.4. The first-order chi connectivity index (χ1) is 14.1. The maximum absolute atomic E-state index is 12.5. The van der Waals surface area contributed by atoms with Gasteiger partial charge in [-0.05, 0) is 42.2 Å². The minimum atomic E-state index is -0.338. The highest BCUT2D eigenvalue weighted by molar-refractivity contribution is 9.10. The van der Waals surface area contributed by atoms with Crippen LogP contribution < -0.4 is 14.8 Å². The van der Waals surface area contributed by atoms with E-state index in [9.17, 15) is 10.1 Å². The molecule has 6 heteroatoms. The second-order valence-corrected chi connectivity index (χ2v) is 7.78. The molecule has 1 aliphatic carbocycles. The molecule has 0 saturated heterocycles. The molecule has 0 aromatic heterocycles. The summed E-state index contributed by atoms with van der Waals surface area (Å²) in [5.41, 5.74) is 1.79. The summed E-state index contributed by atoms with van der Waals surface area (Å²) in [6, 6.07) is 15.6. The molecule has 0 atom stereocenters. The molecule has 1 fully saturated rings. The number of carbonyl (C=O) groups excluding carboxylic acids is 1. The molecule has 0 heterocycles. The number of nitriles is 1. The molecule has 0 spiro atoms. The molecule has 2 aromatic rings. The Labute approximate surface area is 179 Å².